The van der Waals surface area contributed by atoms with Gasteiger partial charge in [-0.05, 0) is 43.4 Å². The molecule has 1 aromatic carbocycles. The van der Waals surface area contributed by atoms with E-state index in [9.17, 15) is 4.79 Å². The highest BCUT2D eigenvalue weighted by molar-refractivity contribution is 6.31. The Morgan fingerprint density at radius 2 is 1.93 bits per heavy atom. The van der Waals surface area contributed by atoms with Crippen molar-refractivity contribution in [2.75, 3.05) is 46.2 Å². The van der Waals surface area contributed by atoms with Gasteiger partial charge in [-0.1, -0.05) is 11.6 Å². The third kappa shape index (κ3) is 4.68. The number of carbonyl (C=O) groups excluding carboxylic acids is 1. The van der Waals surface area contributed by atoms with Crippen molar-refractivity contribution in [1.29, 1.82) is 0 Å². The average Bonchev–Trinajstić information content (AvgIpc) is 3.14. The van der Waals surface area contributed by atoms with E-state index in [2.05, 4.69) is 4.90 Å². The molecule has 7 heteroatoms. The van der Waals surface area contributed by atoms with Crippen molar-refractivity contribution >= 4 is 17.5 Å². The number of amides is 1. The second kappa shape index (κ2) is 8.67. The van der Waals surface area contributed by atoms with Gasteiger partial charge in [-0.15, -0.1) is 0 Å². The summed E-state index contributed by atoms with van der Waals surface area (Å²) in [5.41, 5.74) is 1.07. The average molecular weight is 395 g/mol. The van der Waals surface area contributed by atoms with Crippen LogP contribution in [-0.4, -0.2) is 61.9 Å². The Morgan fingerprint density at radius 1 is 1.15 bits per heavy atom. The topological polar surface area (TPSA) is 51.2 Å². The summed E-state index contributed by atoms with van der Waals surface area (Å²) < 4.78 is 16.2. The van der Waals surface area contributed by atoms with Gasteiger partial charge in [0, 0.05) is 43.7 Å². The van der Waals surface area contributed by atoms with Crippen molar-refractivity contribution < 1.29 is 19.0 Å². The molecule has 1 aromatic rings. The van der Waals surface area contributed by atoms with Crippen LogP contribution in [0.3, 0.4) is 0 Å². The molecule has 148 valence electrons. The van der Waals surface area contributed by atoms with Gasteiger partial charge >= 0.3 is 0 Å². The molecule has 0 aliphatic carbocycles. The summed E-state index contributed by atoms with van der Waals surface area (Å²) in [6.45, 7) is 5.95. The highest BCUT2D eigenvalue weighted by Crippen LogP contribution is 2.37. The monoisotopic (exact) mass is 394 g/mol. The van der Waals surface area contributed by atoms with Gasteiger partial charge in [0.2, 0.25) is 12.7 Å². The summed E-state index contributed by atoms with van der Waals surface area (Å²) in [6.07, 6.45) is 3.96. The van der Waals surface area contributed by atoms with E-state index in [4.69, 9.17) is 25.8 Å². The van der Waals surface area contributed by atoms with E-state index in [-0.39, 0.29) is 12.7 Å². The minimum absolute atomic E-state index is 0.262. The van der Waals surface area contributed by atoms with E-state index in [1.807, 2.05) is 17.0 Å². The van der Waals surface area contributed by atoms with Crippen LogP contribution in [0.1, 0.15) is 31.2 Å². The Bertz CT molecular complexity index is 678. The van der Waals surface area contributed by atoms with Crippen LogP contribution in [0.25, 0.3) is 0 Å². The van der Waals surface area contributed by atoms with E-state index in [1.54, 1.807) is 0 Å². The Labute approximate surface area is 165 Å². The van der Waals surface area contributed by atoms with Crippen LogP contribution in [0, 0.1) is 5.92 Å². The Hall–Kier alpha value is -1.50. The molecule has 0 N–H and O–H groups in total. The van der Waals surface area contributed by atoms with Crippen LogP contribution in [0.5, 0.6) is 11.5 Å². The SMILES string of the molecule is O=C(CC[C@H]1CCCN(Cc2cc3c(cc2Cl)OCO3)C1)N1CCOCC1. The lowest BCUT2D eigenvalue weighted by atomic mass is 9.92. The number of benzene rings is 1. The van der Waals surface area contributed by atoms with Gasteiger partial charge in [0.25, 0.3) is 0 Å². The van der Waals surface area contributed by atoms with Crippen LogP contribution in [0.4, 0.5) is 0 Å². The van der Waals surface area contributed by atoms with Crippen LogP contribution in [0.2, 0.25) is 5.02 Å². The number of fused-ring (bicyclic) bond motifs is 1. The first-order chi connectivity index (χ1) is 13.2. The number of carbonyl (C=O) groups is 1. The van der Waals surface area contributed by atoms with E-state index in [1.165, 1.54) is 12.8 Å². The second-order valence-corrected chi connectivity index (χ2v) is 7.98. The number of hydrogen-bond acceptors (Lipinski definition) is 5. The van der Waals surface area contributed by atoms with Crippen molar-refractivity contribution in [3.63, 3.8) is 0 Å². The predicted octanol–water partition coefficient (Wildman–Crippen LogP) is 2.92. The van der Waals surface area contributed by atoms with Gasteiger partial charge < -0.3 is 19.1 Å². The van der Waals surface area contributed by atoms with Gasteiger partial charge in [0.1, 0.15) is 0 Å². The maximum absolute atomic E-state index is 12.4. The molecular formula is C20H27ClN2O4. The maximum atomic E-state index is 12.4. The van der Waals surface area contributed by atoms with Gasteiger partial charge in [0.05, 0.1) is 13.2 Å². The third-order valence-electron chi connectivity index (χ3n) is 5.67. The molecule has 0 saturated carbocycles. The molecule has 4 rings (SSSR count). The fraction of sp³-hybridized carbons (Fsp3) is 0.650. The van der Waals surface area contributed by atoms with Crippen molar-refractivity contribution in [3.8, 4) is 11.5 Å². The van der Waals surface area contributed by atoms with Crippen LogP contribution in [-0.2, 0) is 16.1 Å². The summed E-state index contributed by atoms with van der Waals surface area (Å²) in [5, 5.41) is 0.726. The van der Waals surface area contributed by atoms with E-state index >= 15 is 0 Å². The van der Waals surface area contributed by atoms with E-state index < -0.39 is 0 Å². The van der Waals surface area contributed by atoms with Gasteiger partial charge in [-0.2, -0.15) is 0 Å². The number of morpholine rings is 1. The van der Waals surface area contributed by atoms with Crippen LogP contribution in [0.15, 0.2) is 12.1 Å². The highest BCUT2D eigenvalue weighted by atomic mass is 35.5. The lowest BCUT2D eigenvalue weighted by Gasteiger charge is -2.33. The zero-order valence-electron chi connectivity index (χ0n) is 15.6. The number of halogens is 1. The molecule has 1 atom stereocenters. The molecule has 3 aliphatic heterocycles. The standard InChI is InChI=1S/C20H27ClN2O4/c21-17-11-19-18(26-14-27-19)10-16(17)13-22-5-1-2-15(12-22)3-4-20(24)23-6-8-25-9-7-23/h10-11,15H,1-9,12-14H2/t15-/m1/s1. The predicted molar refractivity (Wildman–Crippen MR) is 102 cm³/mol. The van der Waals surface area contributed by atoms with Crippen molar-refractivity contribution in [2.45, 2.75) is 32.2 Å². The van der Waals surface area contributed by atoms with Gasteiger partial charge in [-0.25, -0.2) is 0 Å². The molecule has 3 aliphatic rings. The van der Waals surface area contributed by atoms with Gasteiger partial charge in [0.15, 0.2) is 11.5 Å². The Balaban J connectivity index is 1.29. The summed E-state index contributed by atoms with van der Waals surface area (Å²) in [5.74, 6) is 2.34. The molecule has 27 heavy (non-hydrogen) atoms. The molecule has 0 radical (unpaired) electrons. The van der Waals surface area contributed by atoms with E-state index in [0.29, 0.717) is 25.6 Å². The van der Waals surface area contributed by atoms with Crippen molar-refractivity contribution in [3.05, 3.63) is 22.7 Å². The number of piperidine rings is 1. The number of ether oxygens (including phenoxy) is 3. The largest absolute Gasteiger partial charge is 0.454 e. The zero-order valence-corrected chi connectivity index (χ0v) is 16.4. The summed E-state index contributed by atoms with van der Waals surface area (Å²) in [4.78, 5) is 16.8. The molecule has 2 saturated heterocycles. The van der Waals surface area contributed by atoms with Crippen molar-refractivity contribution in [1.82, 2.24) is 9.80 Å². The Kier molecular flexibility index (Phi) is 6.05. The van der Waals surface area contributed by atoms with Crippen LogP contribution < -0.4 is 9.47 Å². The number of nitrogens with zero attached hydrogens (tertiary/aromatic N) is 2. The molecule has 0 bridgehead atoms. The first-order valence-electron chi connectivity index (χ1n) is 9.85. The third-order valence-corrected chi connectivity index (χ3v) is 6.02. The fourth-order valence-electron chi connectivity index (χ4n) is 4.15. The summed E-state index contributed by atoms with van der Waals surface area (Å²) >= 11 is 6.43. The lowest BCUT2D eigenvalue weighted by molar-refractivity contribution is -0.135. The molecule has 2 fully saturated rings. The first-order valence-corrected chi connectivity index (χ1v) is 10.2. The molecule has 1 amide bonds. The number of hydrogen-bond donors (Lipinski definition) is 0. The van der Waals surface area contributed by atoms with Gasteiger partial charge in [-0.3, -0.25) is 9.69 Å². The lowest BCUT2D eigenvalue weighted by Crippen LogP contribution is -2.41. The molecule has 0 spiro atoms. The molecule has 6 nitrogen and oxygen atoms in total. The Morgan fingerprint density at radius 3 is 2.74 bits per heavy atom. The molecule has 0 aromatic heterocycles. The minimum Gasteiger partial charge on any atom is -0.454 e. The summed E-state index contributed by atoms with van der Waals surface area (Å²) in [6, 6.07) is 3.85. The van der Waals surface area contributed by atoms with Crippen molar-refractivity contribution in [2.24, 2.45) is 5.92 Å². The highest BCUT2D eigenvalue weighted by Gasteiger charge is 2.24. The second-order valence-electron chi connectivity index (χ2n) is 7.57. The number of likely N-dealkylation sites (tertiary alicyclic amines) is 1. The molecular weight excluding hydrogens is 368 g/mol. The summed E-state index contributed by atoms with van der Waals surface area (Å²) in [7, 11) is 0. The van der Waals surface area contributed by atoms with Crippen LogP contribution >= 0.6 is 11.6 Å². The zero-order chi connectivity index (χ0) is 18.6. The van der Waals surface area contributed by atoms with E-state index in [0.717, 1.165) is 61.2 Å². The molecule has 3 heterocycles. The fourth-order valence-corrected chi connectivity index (χ4v) is 4.36. The minimum atomic E-state index is 0.262. The maximum Gasteiger partial charge on any atom is 0.231 e. The number of rotatable bonds is 5. The molecule has 0 unspecified atom stereocenters. The normalized spacial score (nSPS) is 22.9. The smallest absolute Gasteiger partial charge is 0.231 e. The quantitative estimate of drug-likeness (QED) is 0.768. The first kappa shape index (κ1) is 18.8.